The van der Waals surface area contributed by atoms with Crippen LogP contribution in [0.4, 0.5) is 5.69 Å². The molecule has 1 saturated heterocycles. The Morgan fingerprint density at radius 2 is 2.04 bits per heavy atom. The highest BCUT2D eigenvalue weighted by Gasteiger charge is 2.22. The highest BCUT2D eigenvalue weighted by Crippen LogP contribution is 2.29. The smallest absolute Gasteiger partial charge is 0.191 e. The largest absolute Gasteiger partial charge is 0.495 e. The van der Waals surface area contributed by atoms with Crippen molar-refractivity contribution in [2.24, 2.45) is 4.99 Å². The van der Waals surface area contributed by atoms with Crippen molar-refractivity contribution in [2.45, 2.75) is 25.4 Å². The van der Waals surface area contributed by atoms with Crippen LogP contribution in [-0.2, 0) is 6.54 Å². The lowest BCUT2D eigenvalue weighted by atomic mass is 10.0. The zero-order valence-corrected chi connectivity index (χ0v) is 16.5. The van der Waals surface area contributed by atoms with E-state index < -0.39 is 0 Å². The van der Waals surface area contributed by atoms with Gasteiger partial charge in [0.15, 0.2) is 5.96 Å². The molecule has 6 heteroatoms. The van der Waals surface area contributed by atoms with Crippen molar-refractivity contribution < 1.29 is 4.74 Å². The van der Waals surface area contributed by atoms with Gasteiger partial charge in [0.1, 0.15) is 5.75 Å². The fraction of sp³-hybridized carbons (Fsp3) is 0.364. The fourth-order valence-electron chi connectivity index (χ4n) is 3.48. The van der Waals surface area contributed by atoms with Crippen molar-refractivity contribution in [1.82, 2.24) is 10.6 Å². The van der Waals surface area contributed by atoms with E-state index in [0.29, 0.717) is 18.2 Å². The van der Waals surface area contributed by atoms with Crippen LogP contribution in [-0.4, -0.2) is 39.2 Å². The van der Waals surface area contributed by atoms with Crippen molar-refractivity contribution in [1.29, 1.82) is 5.26 Å². The van der Waals surface area contributed by atoms with Crippen LogP contribution in [0.2, 0.25) is 0 Å². The molecular formula is C22H27N5O. The summed E-state index contributed by atoms with van der Waals surface area (Å²) >= 11 is 0. The van der Waals surface area contributed by atoms with Gasteiger partial charge < -0.3 is 20.3 Å². The van der Waals surface area contributed by atoms with E-state index in [1.165, 1.54) is 0 Å². The Kier molecular flexibility index (Phi) is 6.74. The maximum atomic E-state index is 8.90. The number of piperidine rings is 1. The average molecular weight is 377 g/mol. The van der Waals surface area contributed by atoms with Crippen LogP contribution in [0.25, 0.3) is 0 Å². The van der Waals surface area contributed by atoms with E-state index >= 15 is 0 Å². The number of methoxy groups -OCH3 is 1. The maximum Gasteiger partial charge on any atom is 0.191 e. The third-order valence-corrected chi connectivity index (χ3v) is 4.95. The first kappa shape index (κ1) is 19.6. The summed E-state index contributed by atoms with van der Waals surface area (Å²) < 4.78 is 5.52. The number of nitriles is 1. The molecule has 0 bridgehead atoms. The molecule has 146 valence electrons. The van der Waals surface area contributed by atoms with Crippen LogP contribution in [0.3, 0.4) is 0 Å². The molecular weight excluding hydrogens is 350 g/mol. The number of nitrogens with one attached hydrogen (secondary N) is 2. The summed E-state index contributed by atoms with van der Waals surface area (Å²) in [7, 11) is 3.50. The van der Waals surface area contributed by atoms with Gasteiger partial charge in [-0.3, -0.25) is 4.99 Å². The van der Waals surface area contributed by atoms with Gasteiger partial charge >= 0.3 is 0 Å². The second kappa shape index (κ2) is 9.65. The predicted octanol–water partition coefficient (Wildman–Crippen LogP) is 2.90. The molecule has 1 fully saturated rings. The lowest BCUT2D eigenvalue weighted by molar-refractivity contribution is 0.408. The molecule has 1 aliphatic rings. The molecule has 1 heterocycles. The minimum absolute atomic E-state index is 0.311. The van der Waals surface area contributed by atoms with Gasteiger partial charge in [-0.15, -0.1) is 0 Å². The van der Waals surface area contributed by atoms with Gasteiger partial charge in [-0.2, -0.15) is 5.26 Å². The predicted molar refractivity (Wildman–Crippen MR) is 113 cm³/mol. The van der Waals surface area contributed by atoms with Crippen molar-refractivity contribution >= 4 is 11.6 Å². The third-order valence-electron chi connectivity index (χ3n) is 4.95. The number of ether oxygens (including phenoxy) is 1. The Balaban J connectivity index is 1.57. The summed E-state index contributed by atoms with van der Waals surface area (Å²) in [5.41, 5.74) is 2.92. The van der Waals surface area contributed by atoms with Crippen LogP contribution in [0, 0.1) is 11.3 Å². The highest BCUT2D eigenvalue weighted by molar-refractivity contribution is 5.80. The lowest BCUT2D eigenvalue weighted by Crippen LogP contribution is -2.51. The van der Waals surface area contributed by atoms with Crippen LogP contribution >= 0.6 is 0 Å². The summed E-state index contributed by atoms with van der Waals surface area (Å²) in [4.78, 5) is 6.73. The number of hydrogen-bond acceptors (Lipinski definition) is 4. The molecule has 2 aromatic rings. The first-order chi connectivity index (χ1) is 13.7. The van der Waals surface area contributed by atoms with Crippen molar-refractivity contribution in [2.75, 3.05) is 32.1 Å². The molecule has 2 aromatic carbocycles. The molecule has 28 heavy (non-hydrogen) atoms. The molecule has 0 spiro atoms. The first-order valence-corrected chi connectivity index (χ1v) is 9.57. The van der Waals surface area contributed by atoms with Gasteiger partial charge in [-0.1, -0.05) is 24.3 Å². The third kappa shape index (κ3) is 4.95. The van der Waals surface area contributed by atoms with E-state index in [1.807, 2.05) is 42.5 Å². The molecule has 0 aromatic heterocycles. The normalized spacial score (nSPS) is 17.0. The fourth-order valence-corrected chi connectivity index (χ4v) is 3.48. The monoisotopic (exact) mass is 377 g/mol. The minimum atomic E-state index is 0.311. The van der Waals surface area contributed by atoms with Gasteiger partial charge in [-0.25, -0.2) is 0 Å². The number of guanidine groups is 1. The molecule has 6 nitrogen and oxygen atoms in total. The standard InChI is InChI=1S/C22H27N5O/c1-24-22(25-15-18-11-9-17(14-23)10-12-18)26-19-6-5-13-27(16-19)20-7-3-4-8-21(20)28-2/h3-4,7-12,19H,5-6,13,15-16H2,1-2H3,(H2,24,25,26). The second-order valence-corrected chi connectivity index (χ2v) is 6.84. The minimum Gasteiger partial charge on any atom is -0.495 e. The number of rotatable bonds is 5. The van der Waals surface area contributed by atoms with Gasteiger partial charge in [0.2, 0.25) is 0 Å². The van der Waals surface area contributed by atoms with E-state index in [2.05, 4.69) is 32.7 Å². The van der Waals surface area contributed by atoms with Gasteiger partial charge in [0, 0.05) is 32.7 Å². The van der Waals surface area contributed by atoms with Crippen LogP contribution < -0.4 is 20.3 Å². The molecule has 0 amide bonds. The zero-order valence-electron chi connectivity index (χ0n) is 16.5. The number of para-hydroxylation sites is 2. The SMILES string of the molecule is CN=C(NCc1ccc(C#N)cc1)NC1CCCN(c2ccccc2OC)C1. The molecule has 1 aliphatic heterocycles. The van der Waals surface area contributed by atoms with E-state index in [9.17, 15) is 0 Å². The number of hydrogen-bond donors (Lipinski definition) is 2. The first-order valence-electron chi connectivity index (χ1n) is 9.57. The summed E-state index contributed by atoms with van der Waals surface area (Å²) in [5, 5.41) is 15.8. The van der Waals surface area contributed by atoms with Crippen molar-refractivity contribution in [3.8, 4) is 11.8 Å². The number of anilines is 1. The molecule has 1 atom stereocenters. The Morgan fingerprint density at radius 1 is 1.25 bits per heavy atom. The quantitative estimate of drug-likeness (QED) is 0.619. The molecule has 2 N–H and O–H groups in total. The Morgan fingerprint density at radius 3 is 2.75 bits per heavy atom. The van der Waals surface area contributed by atoms with Crippen molar-refractivity contribution in [3.63, 3.8) is 0 Å². The number of aliphatic imine (C=N–C) groups is 1. The van der Waals surface area contributed by atoms with Gasteiger partial charge in [0.25, 0.3) is 0 Å². The summed E-state index contributed by atoms with van der Waals surface area (Å²) in [6.45, 7) is 2.59. The number of nitrogens with zero attached hydrogens (tertiary/aromatic N) is 3. The van der Waals surface area contributed by atoms with Crippen LogP contribution in [0.5, 0.6) is 5.75 Å². The van der Waals surface area contributed by atoms with Crippen molar-refractivity contribution in [3.05, 3.63) is 59.7 Å². The van der Waals surface area contributed by atoms with E-state index in [1.54, 1.807) is 14.2 Å². The lowest BCUT2D eigenvalue weighted by Gasteiger charge is -2.36. The Labute approximate surface area is 166 Å². The Hall–Kier alpha value is -3.20. The highest BCUT2D eigenvalue weighted by atomic mass is 16.5. The molecule has 0 radical (unpaired) electrons. The molecule has 3 rings (SSSR count). The van der Waals surface area contributed by atoms with E-state index in [4.69, 9.17) is 10.00 Å². The molecule has 0 saturated carbocycles. The maximum absolute atomic E-state index is 8.90. The zero-order chi connectivity index (χ0) is 19.8. The summed E-state index contributed by atoms with van der Waals surface area (Å²) in [5.74, 6) is 1.70. The Bertz CT molecular complexity index is 841. The summed E-state index contributed by atoms with van der Waals surface area (Å²) in [6.07, 6.45) is 2.21. The van der Waals surface area contributed by atoms with Gasteiger partial charge in [0.05, 0.1) is 24.4 Å². The van der Waals surface area contributed by atoms with Gasteiger partial charge in [-0.05, 0) is 42.7 Å². The molecule has 0 aliphatic carbocycles. The second-order valence-electron chi connectivity index (χ2n) is 6.84. The topological polar surface area (TPSA) is 72.7 Å². The van der Waals surface area contributed by atoms with E-state index in [0.717, 1.165) is 48.9 Å². The van der Waals surface area contributed by atoms with Crippen LogP contribution in [0.1, 0.15) is 24.0 Å². The van der Waals surface area contributed by atoms with E-state index in [-0.39, 0.29) is 0 Å². The number of benzene rings is 2. The molecule has 1 unspecified atom stereocenters. The van der Waals surface area contributed by atoms with Crippen LogP contribution in [0.15, 0.2) is 53.5 Å². The summed E-state index contributed by atoms with van der Waals surface area (Å²) in [6, 6.07) is 18.2. The average Bonchev–Trinajstić information content (AvgIpc) is 2.77.